The summed E-state index contributed by atoms with van der Waals surface area (Å²) >= 11 is 0. The molecule has 0 amide bonds. The van der Waals surface area contributed by atoms with Crippen LogP contribution in [0.25, 0.3) is 0 Å². The number of hydrogen-bond acceptors (Lipinski definition) is 2. The molecule has 0 N–H and O–H groups in total. The van der Waals surface area contributed by atoms with E-state index < -0.39 is 12.8 Å². The number of halogens is 2. The van der Waals surface area contributed by atoms with Gasteiger partial charge in [0.05, 0.1) is 12.2 Å². The van der Waals surface area contributed by atoms with Crippen LogP contribution >= 0.6 is 0 Å². The quantitative estimate of drug-likeness (QED) is 0.388. The number of esters is 1. The van der Waals surface area contributed by atoms with E-state index in [1.54, 1.807) is 12.1 Å². The standard InChI is InChI=1S/C18H26F2O2/c19-15-17(20)13-9-4-2-1-3-5-10-14-22-18(21)16-11-7-6-8-12-16/h6-8,11-12,17H,1-5,9-10,13-15H2. The highest BCUT2D eigenvalue weighted by Gasteiger charge is 2.05. The van der Waals surface area contributed by atoms with E-state index in [1.165, 1.54) is 0 Å². The van der Waals surface area contributed by atoms with Crippen molar-refractivity contribution in [1.82, 2.24) is 0 Å². The van der Waals surface area contributed by atoms with Gasteiger partial charge >= 0.3 is 5.97 Å². The summed E-state index contributed by atoms with van der Waals surface area (Å²) in [7, 11) is 0. The van der Waals surface area contributed by atoms with Crippen molar-refractivity contribution in [2.45, 2.75) is 57.5 Å². The fraction of sp³-hybridized carbons (Fsp3) is 0.611. The molecule has 2 nitrogen and oxygen atoms in total. The van der Waals surface area contributed by atoms with Crippen LogP contribution in [-0.2, 0) is 4.74 Å². The molecular formula is C18H26F2O2. The highest BCUT2D eigenvalue weighted by atomic mass is 19.2. The first kappa shape index (κ1) is 18.6. The van der Waals surface area contributed by atoms with Crippen molar-refractivity contribution in [2.75, 3.05) is 13.3 Å². The summed E-state index contributed by atoms with van der Waals surface area (Å²) in [6.07, 6.45) is 5.92. The highest BCUT2D eigenvalue weighted by molar-refractivity contribution is 5.89. The molecule has 0 saturated heterocycles. The second kappa shape index (κ2) is 12.1. The molecule has 1 unspecified atom stereocenters. The van der Waals surface area contributed by atoms with Crippen molar-refractivity contribution >= 4 is 5.97 Å². The van der Waals surface area contributed by atoms with Gasteiger partial charge in [0.25, 0.3) is 0 Å². The Balaban J connectivity index is 1.89. The molecule has 4 heteroatoms. The van der Waals surface area contributed by atoms with Crippen LogP contribution in [0.4, 0.5) is 8.78 Å². The third-order valence-electron chi connectivity index (χ3n) is 3.57. The maximum atomic E-state index is 12.6. The minimum absolute atomic E-state index is 0.269. The zero-order valence-corrected chi connectivity index (χ0v) is 13.1. The van der Waals surface area contributed by atoms with E-state index in [0.29, 0.717) is 18.6 Å². The van der Waals surface area contributed by atoms with Crippen LogP contribution in [0, 0.1) is 0 Å². The van der Waals surface area contributed by atoms with Gasteiger partial charge in [-0.05, 0) is 25.0 Å². The summed E-state index contributed by atoms with van der Waals surface area (Å²) in [6, 6.07) is 8.98. The van der Waals surface area contributed by atoms with Crippen molar-refractivity contribution in [1.29, 1.82) is 0 Å². The summed E-state index contributed by atoms with van der Waals surface area (Å²) in [6.45, 7) is -0.407. The maximum absolute atomic E-state index is 12.6. The number of hydrogen-bond donors (Lipinski definition) is 0. The maximum Gasteiger partial charge on any atom is 0.338 e. The molecule has 0 bridgehead atoms. The topological polar surface area (TPSA) is 26.3 Å². The average molecular weight is 312 g/mol. The molecular weight excluding hydrogens is 286 g/mol. The Labute approximate surface area is 131 Å². The number of unbranched alkanes of at least 4 members (excludes halogenated alkanes) is 6. The number of carbonyl (C=O) groups excluding carboxylic acids is 1. The smallest absolute Gasteiger partial charge is 0.338 e. The molecule has 0 aliphatic heterocycles. The third-order valence-corrected chi connectivity index (χ3v) is 3.57. The van der Waals surface area contributed by atoms with Crippen LogP contribution in [0.1, 0.15) is 61.7 Å². The Morgan fingerprint density at radius 2 is 1.55 bits per heavy atom. The van der Waals surface area contributed by atoms with E-state index in [-0.39, 0.29) is 5.97 Å². The lowest BCUT2D eigenvalue weighted by Crippen LogP contribution is -2.06. The van der Waals surface area contributed by atoms with Crippen molar-refractivity contribution in [2.24, 2.45) is 0 Å². The monoisotopic (exact) mass is 312 g/mol. The Kier molecular flexibility index (Phi) is 10.3. The van der Waals surface area contributed by atoms with Gasteiger partial charge in [-0.25, -0.2) is 13.6 Å². The van der Waals surface area contributed by atoms with Gasteiger partial charge in [-0.1, -0.05) is 56.7 Å². The SMILES string of the molecule is O=C(OCCCCCCCCCC(F)CF)c1ccccc1. The fourth-order valence-electron chi connectivity index (χ4n) is 2.25. The molecule has 124 valence electrons. The van der Waals surface area contributed by atoms with E-state index in [0.717, 1.165) is 44.9 Å². The molecule has 0 heterocycles. The number of benzene rings is 1. The molecule has 1 aromatic rings. The second-order valence-electron chi connectivity index (χ2n) is 5.52. The van der Waals surface area contributed by atoms with E-state index in [2.05, 4.69) is 0 Å². The van der Waals surface area contributed by atoms with Gasteiger partial charge in [-0.2, -0.15) is 0 Å². The molecule has 0 aliphatic rings. The zero-order chi connectivity index (χ0) is 16.0. The first-order valence-corrected chi connectivity index (χ1v) is 8.16. The lowest BCUT2D eigenvalue weighted by atomic mass is 10.1. The van der Waals surface area contributed by atoms with Gasteiger partial charge in [-0.3, -0.25) is 0 Å². The first-order chi connectivity index (χ1) is 10.7. The average Bonchev–Trinajstić information content (AvgIpc) is 2.56. The molecule has 1 aromatic carbocycles. The van der Waals surface area contributed by atoms with Gasteiger partial charge in [0, 0.05) is 0 Å². The number of alkyl halides is 2. The van der Waals surface area contributed by atoms with E-state index in [1.807, 2.05) is 18.2 Å². The molecule has 0 radical (unpaired) electrons. The Morgan fingerprint density at radius 1 is 0.955 bits per heavy atom. The molecule has 0 spiro atoms. The van der Waals surface area contributed by atoms with Gasteiger partial charge in [0.1, 0.15) is 12.8 Å². The summed E-state index contributed by atoms with van der Waals surface area (Å²) in [4.78, 5) is 11.7. The number of ether oxygens (including phenoxy) is 1. The van der Waals surface area contributed by atoms with Crippen LogP contribution in [0.5, 0.6) is 0 Å². The Bertz CT molecular complexity index is 395. The summed E-state index contributed by atoms with van der Waals surface area (Å²) < 4.78 is 29.7. The van der Waals surface area contributed by atoms with Gasteiger partial charge < -0.3 is 4.74 Å². The molecule has 0 saturated carbocycles. The first-order valence-electron chi connectivity index (χ1n) is 8.16. The van der Waals surface area contributed by atoms with Crippen molar-refractivity contribution in [3.8, 4) is 0 Å². The molecule has 0 aliphatic carbocycles. The molecule has 22 heavy (non-hydrogen) atoms. The minimum atomic E-state index is -1.28. The van der Waals surface area contributed by atoms with E-state index in [9.17, 15) is 13.6 Å². The summed E-state index contributed by atoms with van der Waals surface area (Å²) in [5, 5.41) is 0. The molecule has 0 fully saturated rings. The van der Waals surface area contributed by atoms with Crippen molar-refractivity contribution in [3.63, 3.8) is 0 Å². The second-order valence-corrected chi connectivity index (χ2v) is 5.52. The van der Waals surface area contributed by atoms with Gasteiger partial charge in [-0.15, -0.1) is 0 Å². The molecule has 1 rings (SSSR count). The predicted molar refractivity (Wildman–Crippen MR) is 84.5 cm³/mol. The van der Waals surface area contributed by atoms with Crippen molar-refractivity contribution < 1.29 is 18.3 Å². The van der Waals surface area contributed by atoms with Crippen LogP contribution in [-0.4, -0.2) is 25.4 Å². The fourth-order valence-corrected chi connectivity index (χ4v) is 2.25. The van der Waals surface area contributed by atoms with Gasteiger partial charge in [0.2, 0.25) is 0 Å². The molecule has 0 aromatic heterocycles. The predicted octanol–water partition coefficient (Wildman–Crippen LogP) is 5.27. The zero-order valence-electron chi connectivity index (χ0n) is 13.1. The van der Waals surface area contributed by atoms with E-state index in [4.69, 9.17) is 4.74 Å². The summed E-state index contributed by atoms with van der Waals surface area (Å²) in [5.41, 5.74) is 0.585. The Morgan fingerprint density at radius 3 is 2.18 bits per heavy atom. The molecule has 1 atom stereocenters. The number of carbonyl (C=O) groups is 1. The largest absolute Gasteiger partial charge is 0.462 e. The third kappa shape index (κ3) is 8.75. The van der Waals surface area contributed by atoms with Crippen LogP contribution in [0.3, 0.4) is 0 Å². The minimum Gasteiger partial charge on any atom is -0.462 e. The Hall–Kier alpha value is -1.45. The number of rotatable bonds is 12. The lowest BCUT2D eigenvalue weighted by molar-refractivity contribution is 0.0497. The van der Waals surface area contributed by atoms with Crippen LogP contribution in [0.15, 0.2) is 30.3 Å². The van der Waals surface area contributed by atoms with E-state index >= 15 is 0 Å². The van der Waals surface area contributed by atoms with Crippen LogP contribution < -0.4 is 0 Å². The normalized spacial score (nSPS) is 12.1. The van der Waals surface area contributed by atoms with Crippen LogP contribution in [0.2, 0.25) is 0 Å². The lowest BCUT2D eigenvalue weighted by Gasteiger charge is -2.05. The summed E-state index contributed by atoms with van der Waals surface area (Å²) in [5.74, 6) is -0.269. The highest BCUT2D eigenvalue weighted by Crippen LogP contribution is 2.11. The van der Waals surface area contributed by atoms with Crippen molar-refractivity contribution in [3.05, 3.63) is 35.9 Å². The van der Waals surface area contributed by atoms with Gasteiger partial charge in [0.15, 0.2) is 0 Å².